The number of hydrogen-bond acceptors (Lipinski definition) is 3. The zero-order valence-electron chi connectivity index (χ0n) is 9.51. The largest absolute Gasteiger partial charge is 0.503 e. The molecule has 0 fully saturated rings. The molecule has 2 aromatic rings. The second-order valence-electron chi connectivity index (χ2n) is 3.64. The molecule has 0 aliphatic rings. The van der Waals surface area contributed by atoms with E-state index >= 15 is 0 Å². The van der Waals surface area contributed by atoms with Crippen LogP contribution in [0.5, 0.6) is 17.4 Å². The highest BCUT2D eigenvalue weighted by Gasteiger charge is 2.07. The summed E-state index contributed by atoms with van der Waals surface area (Å²) in [6, 6.07) is 7.79. The second kappa shape index (κ2) is 4.94. The average molecular weight is 261 g/mol. The maximum absolute atomic E-state index is 9.61. The number of aromatic nitrogens is 1. The van der Waals surface area contributed by atoms with Crippen molar-refractivity contribution in [2.24, 2.45) is 0 Å². The van der Waals surface area contributed by atoms with Crippen LogP contribution in [0.1, 0.15) is 5.69 Å². The Hall–Kier alpha value is -2.25. The molecule has 0 unspecified atom stereocenters. The van der Waals surface area contributed by atoms with Gasteiger partial charge in [0.15, 0.2) is 11.4 Å². The van der Waals surface area contributed by atoms with E-state index in [-0.39, 0.29) is 11.6 Å². The molecule has 0 radical (unpaired) electrons. The van der Waals surface area contributed by atoms with Crippen molar-refractivity contribution in [2.75, 3.05) is 0 Å². The number of pyridine rings is 1. The van der Waals surface area contributed by atoms with Gasteiger partial charge in [0.1, 0.15) is 5.75 Å². The van der Waals surface area contributed by atoms with Gasteiger partial charge in [-0.25, -0.2) is 9.83 Å². The van der Waals surface area contributed by atoms with Gasteiger partial charge in [0.2, 0.25) is 0 Å². The molecular weight excluding hydrogens is 252 g/mol. The molecule has 1 aromatic heterocycles. The third-order valence-corrected chi connectivity index (χ3v) is 2.40. The normalized spacial score (nSPS) is 9.83. The lowest BCUT2D eigenvalue weighted by atomic mass is 10.3. The Morgan fingerprint density at radius 3 is 2.83 bits per heavy atom. The summed E-state index contributed by atoms with van der Waals surface area (Å²) in [7, 11) is 0. The predicted octanol–water partition coefficient (Wildman–Crippen LogP) is 4.09. The van der Waals surface area contributed by atoms with Crippen LogP contribution in [0.15, 0.2) is 30.3 Å². The maximum atomic E-state index is 9.61. The van der Waals surface area contributed by atoms with E-state index in [1.807, 2.05) is 0 Å². The molecule has 0 atom stereocenters. The van der Waals surface area contributed by atoms with Crippen LogP contribution in [0, 0.1) is 13.5 Å². The summed E-state index contributed by atoms with van der Waals surface area (Å²) >= 11 is 5.86. The molecule has 5 heteroatoms. The van der Waals surface area contributed by atoms with E-state index in [2.05, 4.69) is 9.83 Å². The van der Waals surface area contributed by atoms with Crippen LogP contribution in [-0.4, -0.2) is 10.1 Å². The van der Waals surface area contributed by atoms with Crippen LogP contribution >= 0.6 is 11.6 Å². The van der Waals surface area contributed by atoms with Gasteiger partial charge in [-0.3, -0.25) is 0 Å². The summed E-state index contributed by atoms with van der Waals surface area (Å²) in [4.78, 5) is 7.34. The molecule has 1 heterocycles. The van der Waals surface area contributed by atoms with E-state index in [0.29, 0.717) is 16.5 Å². The fraction of sp³-hybridized carbons (Fsp3) is 0.0769. The first-order chi connectivity index (χ1) is 8.58. The summed E-state index contributed by atoms with van der Waals surface area (Å²) in [5.41, 5.74) is 1.08. The molecule has 1 N–H and O–H groups in total. The third kappa shape index (κ3) is 2.70. The smallest absolute Gasteiger partial charge is 0.262 e. The van der Waals surface area contributed by atoms with Crippen LogP contribution in [-0.2, 0) is 0 Å². The first-order valence-electron chi connectivity index (χ1n) is 5.11. The highest BCUT2D eigenvalue weighted by molar-refractivity contribution is 6.31. The number of rotatable bonds is 2. The van der Waals surface area contributed by atoms with Gasteiger partial charge in [0.05, 0.1) is 6.57 Å². The molecule has 18 heavy (non-hydrogen) atoms. The number of aromatic hydroxyl groups is 1. The topological polar surface area (TPSA) is 46.7 Å². The lowest BCUT2D eigenvalue weighted by Crippen LogP contribution is -1.90. The number of hydrogen-bond donors (Lipinski definition) is 1. The Bertz CT molecular complexity index is 635. The second-order valence-corrected chi connectivity index (χ2v) is 4.07. The molecule has 0 aliphatic heterocycles. The van der Waals surface area contributed by atoms with Crippen LogP contribution in [0.4, 0.5) is 5.69 Å². The van der Waals surface area contributed by atoms with Gasteiger partial charge in [-0.1, -0.05) is 11.6 Å². The predicted molar refractivity (Wildman–Crippen MR) is 68.4 cm³/mol. The van der Waals surface area contributed by atoms with Crippen molar-refractivity contribution in [2.45, 2.75) is 6.92 Å². The van der Waals surface area contributed by atoms with Crippen molar-refractivity contribution in [1.29, 1.82) is 0 Å². The molecule has 0 spiro atoms. The first-order valence-corrected chi connectivity index (χ1v) is 5.49. The Balaban J connectivity index is 2.37. The fourth-order valence-corrected chi connectivity index (χ4v) is 1.60. The average Bonchev–Trinajstić information content (AvgIpc) is 2.33. The Morgan fingerprint density at radius 2 is 2.11 bits per heavy atom. The zero-order chi connectivity index (χ0) is 13.1. The third-order valence-electron chi connectivity index (χ3n) is 2.18. The Labute approximate surface area is 109 Å². The molecule has 0 aliphatic carbocycles. The van der Waals surface area contributed by atoms with Crippen LogP contribution in [0.2, 0.25) is 5.02 Å². The standard InChI is InChI=1S/C13H9ClN2O2/c1-8-3-4-12(17)13(16-8)18-11-6-9(14)5-10(7-11)15-2/h3-7,17H,1H3. The number of aryl methyl sites for hydroxylation is 1. The van der Waals surface area contributed by atoms with Crippen molar-refractivity contribution < 1.29 is 9.84 Å². The van der Waals surface area contributed by atoms with Crippen LogP contribution < -0.4 is 4.74 Å². The molecule has 0 saturated carbocycles. The minimum Gasteiger partial charge on any atom is -0.503 e. The molecule has 0 amide bonds. The van der Waals surface area contributed by atoms with E-state index in [1.165, 1.54) is 18.2 Å². The lowest BCUT2D eigenvalue weighted by Gasteiger charge is -2.08. The van der Waals surface area contributed by atoms with Gasteiger partial charge < -0.3 is 9.84 Å². The van der Waals surface area contributed by atoms with Crippen LogP contribution in [0.25, 0.3) is 4.85 Å². The zero-order valence-corrected chi connectivity index (χ0v) is 10.3. The van der Waals surface area contributed by atoms with Crippen molar-refractivity contribution >= 4 is 17.3 Å². The molecular formula is C13H9ClN2O2. The van der Waals surface area contributed by atoms with Crippen molar-refractivity contribution in [3.05, 3.63) is 52.5 Å². The van der Waals surface area contributed by atoms with E-state index in [4.69, 9.17) is 22.9 Å². The molecule has 0 saturated heterocycles. The summed E-state index contributed by atoms with van der Waals surface area (Å²) in [5, 5.41) is 10.0. The molecule has 90 valence electrons. The highest BCUT2D eigenvalue weighted by atomic mass is 35.5. The van der Waals surface area contributed by atoms with E-state index in [1.54, 1.807) is 19.1 Å². The molecule has 1 aromatic carbocycles. The SMILES string of the molecule is [C-]#[N+]c1cc(Cl)cc(Oc2nc(C)ccc2O)c1. The van der Waals surface area contributed by atoms with Gasteiger partial charge in [-0.15, -0.1) is 0 Å². The first kappa shape index (κ1) is 12.2. The summed E-state index contributed by atoms with van der Waals surface area (Å²) in [6.45, 7) is 8.73. The quantitative estimate of drug-likeness (QED) is 0.827. The molecule has 0 bridgehead atoms. The van der Waals surface area contributed by atoms with Gasteiger partial charge in [0, 0.05) is 10.7 Å². The maximum Gasteiger partial charge on any atom is 0.262 e. The fourth-order valence-electron chi connectivity index (χ4n) is 1.38. The molecule has 2 rings (SSSR count). The van der Waals surface area contributed by atoms with E-state index in [0.717, 1.165) is 5.69 Å². The van der Waals surface area contributed by atoms with E-state index < -0.39 is 0 Å². The number of benzene rings is 1. The highest BCUT2D eigenvalue weighted by Crippen LogP contribution is 2.32. The number of halogens is 1. The minimum atomic E-state index is -0.0649. The summed E-state index contributed by atoms with van der Waals surface area (Å²) < 4.78 is 5.42. The monoisotopic (exact) mass is 260 g/mol. The van der Waals surface area contributed by atoms with Gasteiger partial charge in [-0.2, -0.15) is 0 Å². The minimum absolute atomic E-state index is 0.0649. The van der Waals surface area contributed by atoms with E-state index in [9.17, 15) is 5.11 Å². The van der Waals surface area contributed by atoms with Crippen LogP contribution in [0.3, 0.4) is 0 Å². The number of ether oxygens (including phenoxy) is 1. The van der Waals surface area contributed by atoms with Gasteiger partial charge in [-0.05, 0) is 37.3 Å². The Kier molecular flexibility index (Phi) is 3.35. The lowest BCUT2D eigenvalue weighted by molar-refractivity contribution is 0.397. The number of nitrogens with zero attached hydrogens (tertiary/aromatic N) is 2. The van der Waals surface area contributed by atoms with Crippen molar-refractivity contribution in [3.63, 3.8) is 0 Å². The van der Waals surface area contributed by atoms with Gasteiger partial charge in [0.25, 0.3) is 5.88 Å². The Morgan fingerprint density at radius 1 is 1.33 bits per heavy atom. The van der Waals surface area contributed by atoms with Crippen molar-refractivity contribution in [1.82, 2.24) is 4.98 Å². The van der Waals surface area contributed by atoms with Crippen molar-refractivity contribution in [3.8, 4) is 17.4 Å². The molecule has 4 nitrogen and oxygen atoms in total. The summed E-state index contributed by atoms with van der Waals surface area (Å²) in [6.07, 6.45) is 0. The van der Waals surface area contributed by atoms with Gasteiger partial charge >= 0.3 is 0 Å². The summed E-state index contributed by atoms with van der Waals surface area (Å²) in [5.74, 6) is 0.389.